The van der Waals surface area contributed by atoms with Crippen LogP contribution in [-0.4, -0.2) is 34.3 Å². The molecule has 156 valence electrons. The summed E-state index contributed by atoms with van der Waals surface area (Å²) in [4.78, 5) is 27.9. The Morgan fingerprint density at radius 1 is 1.10 bits per heavy atom. The van der Waals surface area contributed by atoms with E-state index in [0.29, 0.717) is 17.9 Å². The van der Waals surface area contributed by atoms with E-state index in [4.69, 9.17) is 4.74 Å². The van der Waals surface area contributed by atoms with Crippen molar-refractivity contribution >= 4 is 17.4 Å². The average Bonchev–Trinajstić information content (AvgIpc) is 3.35. The molecule has 1 unspecified atom stereocenters. The number of benzene rings is 2. The van der Waals surface area contributed by atoms with Crippen molar-refractivity contribution in [2.45, 2.75) is 51.6 Å². The zero-order valence-corrected chi connectivity index (χ0v) is 17.4. The highest BCUT2D eigenvalue weighted by Crippen LogP contribution is 2.43. The van der Waals surface area contributed by atoms with Crippen molar-refractivity contribution in [2.75, 3.05) is 6.61 Å². The standard InChI is InChI=1S/C25H27NO4/c1-3-30-20-13-7-10-18(15-20)23(27)21-22(17-9-6-8-16(2)14-17)26(25(29)24(21)28)19-11-4-5-12-19/h6-10,13-15,19,22,27H,3-5,11-12H2,1-2H3/b23-21-. The van der Waals surface area contributed by atoms with E-state index in [1.54, 1.807) is 29.2 Å². The minimum atomic E-state index is -0.618. The quantitative estimate of drug-likeness (QED) is 0.443. The molecule has 4 rings (SSSR count). The van der Waals surface area contributed by atoms with Crippen molar-refractivity contribution in [3.05, 3.63) is 70.8 Å². The van der Waals surface area contributed by atoms with E-state index in [2.05, 4.69) is 0 Å². The first kappa shape index (κ1) is 20.2. The fourth-order valence-electron chi connectivity index (χ4n) is 4.63. The molecular weight excluding hydrogens is 378 g/mol. The lowest BCUT2D eigenvalue weighted by Gasteiger charge is -2.31. The molecule has 1 saturated heterocycles. The maximum absolute atomic E-state index is 13.1. The average molecular weight is 405 g/mol. The molecule has 2 fully saturated rings. The van der Waals surface area contributed by atoms with Crippen molar-refractivity contribution < 1.29 is 19.4 Å². The summed E-state index contributed by atoms with van der Waals surface area (Å²) in [6.07, 6.45) is 3.86. The number of carbonyl (C=O) groups is 2. The number of amides is 1. The van der Waals surface area contributed by atoms with Gasteiger partial charge in [-0.15, -0.1) is 0 Å². The lowest BCUT2D eigenvalue weighted by atomic mass is 9.93. The predicted octanol–water partition coefficient (Wildman–Crippen LogP) is 4.76. The van der Waals surface area contributed by atoms with Crippen molar-refractivity contribution in [2.24, 2.45) is 0 Å². The smallest absolute Gasteiger partial charge is 0.295 e. The van der Waals surface area contributed by atoms with Gasteiger partial charge in [0.25, 0.3) is 11.7 Å². The second-order valence-electron chi connectivity index (χ2n) is 8.02. The molecule has 1 amide bonds. The summed E-state index contributed by atoms with van der Waals surface area (Å²) in [7, 11) is 0. The van der Waals surface area contributed by atoms with Crippen LogP contribution in [0.2, 0.25) is 0 Å². The number of rotatable bonds is 5. The number of ketones is 1. The van der Waals surface area contributed by atoms with Gasteiger partial charge in [0.05, 0.1) is 18.2 Å². The SMILES string of the molecule is CCOc1cccc(/C(O)=C2/C(=O)C(=O)N(C3CCCC3)C2c2cccc(C)c2)c1. The van der Waals surface area contributed by atoms with Crippen LogP contribution in [0.15, 0.2) is 54.1 Å². The molecule has 5 heteroatoms. The lowest BCUT2D eigenvalue weighted by molar-refractivity contribution is -0.141. The molecule has 1 heterocycles. The van der Waals surface area contributed by atoms with Crippen LogP contribution in [0.4, 0.5) is 0 Å². The summed E-state index contributed by atoms with van der Waals surface area (Å²) in [5, 5.41) is 11.2. The molecule has 1 atom stereocenters. The van der Waals surface area contributed by atoms with Gasteiger partial charge < -0.3 is 14.7 Å². The van der Waals surface area contributed by atoms with Gasteiger partial charge in [0.2, 0.25) is 0 Å². The highest BCUT2D eigenvalue weighted by atomic mass is 16.5. The molecule has 0 aromatic heterocycles. The van der Waals surface area contributed by atoms with Gasteiger partial charge in [0.1, 0.15) is 11.5 Å². The van der Waals surface area contributed by atoms with E-state index < -0.39 is 17.7 Å². The minimum Gasteiger partial charge on any atom is -0.507 e. The monoisotopic (exact) mass is 405 g/mol. The molecule has 1 aliphatic heterocycles. The highest BCUT2D eigenvalue weighted by molar-refractivity contribution is 6.46. The molecule has 2 aliphatic rings. The van der Waals surface area contributed by atoms with Crippen LogP contribution in [-0.2, 0) is 9.59 Å². The normalized spacial score (nSPS) is 21.4. The molecule has 30 heavy (non-hydrogen) atoms. The highest BCUT2D eigenvalue weighted by Gasteiger charge is 2.49. The third-order valence-electron chi connectivity index (χ3n) is 5.97. The van der Waals surface area contributed by atoms with Gasteiger partial charge in [0.15, 0.2) is 0 Å². The van der Waals surface area contributed by atoms with Crippen molar-refractivity contribution in [3.63, 3.8) is 0 Å². The minimum absolute atomic E-state index is 0.0204. The van der Waals surface area contributed by atoms with Crippen LogP contribution in [0, 0.1) is 6.92 Å². The number of Topliss-reactive ketones (excluding diaryl/α,β-unsaturated/α-hetero) is 1. The van der Waals surface area contributed by atoms with Crippen LogP contribution in [0.25, 0.3) is 5.76 Å². The van der Waals surface area contributed by atoms with Gasteiger partial charge in [-0.25, -0.2) is 0 Å². The van der Waals surface area contributed by atoms with Gasteiger partial charge in [-0.3, -0.25) is 9.59 Å². The van der Waals surface area contributed by atoms with Crippen LogP contribution in [0.3, 0.4) is 0 Å². The Labute approximate surface area is 177 Å². The van der Waals surface area contributed by atoms with E-state index in [1.807, 2.05) is 38.1 Å². The third kappa shape index (κ3) is 3.60. The van der Waals surface area contributed by atoms with Crippen LogP contribution in [0.5, 0.6) is 5.75 Å². The second-order valence-corrected chi connectivity index (χ2v) is 8.02. The summed E-state index contributed by atoms with van der Waals surface area (Å²) >= 11 is 0. The molecule has 2 aromatic carbocycles. The summed E-state index contributed by atoms with van der Waals surface area (Å²) in [6, 6.07) is 14.3. The van der Waals surface area contributed by atoms with Crippen molar-refractivity contribution in [1.82, 2.24) is 4.90 Å². The zero-order chi connectivity index (χ0) is 21.3. The van der Waals surface area contributed by atoms with Gasteiger partial charge in [-0.1, -0.05) is 54.8 Å². The molecule has 0 bridgehead atoms. The summed E-state index contributed by atoms with van der Waals surface area (Å²) in [6.45, 7) is 4.37. The predicted molar refractivity (Wildman–Crippen MR) is 115 cm³/mol. The molecule has 1 N–H and O–H groups in total. The van der Waals surface area contributed by atoms with Gasteiger partial charge in [-0.2, -0.15) is 0 Å². The Bertz CT molecular complexity index is 1000. The largest absolute Gasteiger partial charge is 0.507 e. The number of aliphatic hydroxyl groups excluding tert-OH is 1. The van der Waals surface area contributed by atoms with Crippen molar-refractivity contribution in [3.8, 4) is 5.75 Å². The number of nitrogens with zero attached hydrogens (tertiary/aromatic N) is 1. The second kappa shape index (κ2) is 8.34. The van der Waals surface area contributed by atoms with Crippen LogP contribution in [0.1, 0.15) is 55.3 Å². The van der Waals surface area contributed by atoms with Gasteiger partial charge in [-0.05, 0) is 44.4 Å². The maximum atomic E-state index is 13.1. The molecule has 1 aliphatic carbocycles. The Hall–Kier alpha value is -3.08. The Balaban J connectivity index is 1.87. The fourth-order valence-corrected chi connectivity index (χ4v) is 4.63. The number of ether oxygens (including phenoxy) is 1. The van der Waals surface area contributed by atoms with Crippen molar-refractivity contribution in [1.29, 1.82) is 0 Å². The molecular formula is C25H27NO4. The van der Waals surface area contributed by atoms with Crippen LogP contribution >= 0.6 is 0 Å². The van der Waals surface area contributed by atoms with E-state index >= 15 is 0 Å². The van der Waals surface area contributed by atoms with Gasteiger partial charge in [0, 0.05) is 11.6 Å². The van der Waals surface area contributed by atoms with E-state index in [-0.39, 0.29) is 17.4 Å². The number of carbonyl (C=O) groups excluding carboxylic acids is 2. The van der Waals surface area contributed by atoms with Gasteiger partial charge >= 0.3 is 0 Å². The topological polar surface area (TPSA) is 66.8 Å². The number of hydrogen-bond donors (Lipinski definition) is 1. The molecule has 5 nitrogen and oxygen atoms in total. The molecule has 1 saturated carbocycles. The van der Waals surface area contributed by atoms with Crippen LogP contribution < -0.4 is 4.74 Å². The first-order valence-electron chi connectivity index (χ1n) is 10.6. The molecule has 0 radical (unpaired) electrons. The number of aryl methyl sites for hydroxylation is 1. The van der Waals surface area contributed by atoms with E-state index in [9.17, 15) is 14.7 Å². The zero-order valence-electron chi connectivity index (χ0n) is 17.4. The Morgan fingerprint density at radius 3 is 2.53 bits per heavy atom. The van der Waals surface area contributed by atoms with E-state index in [1.165, 1.54) is 0 Å². The first-order valence-corrected chi connectivity index (χ1v) is 10.6. The number of hydrogen-bond acceptors (Lipinski definition) is 4. The molecule has 2 aromatic rings. The Morgan fingerprint density at radius 2 is 1.83 bits per heavy atom. The third-order valence-corrected chi connectivity index (χ3v) is 5.97. The summed E-state index contributed by atoms with van der Waals surface area (Å²) < 4.78 is 5.54. The lowest BCUT2D eigenvalue weighted by Crippen LogP contribution is -2.37. The summed E-state index contributed by atoms with van der Waals surface area (Å²) in [5.41, 5.74) is 2.53. The molecule has 0 spiro atoms. The Kier molecular flexibility index (Phi) is 5.62. The van der Waals surface area contributed by atoms with E-state index in [0.717, 1.165) is 36.8 Å². The maximum Gasteiger partial charge on any atom is 0.295 e. The fraction of sp³-hybridized carbons (Fsp3) is 0.360. The number of likely N-dealkylation sites (tertiary alicyclic amines) is 1. The number of aliphatic hydroxyl groups is 1. The first-order chi connectivity index (χ1) is 14.5. The summed E-state index contributed by atoms with van der Waals surface area (Å²) in [5.74, 6) is -0.677.